The van der Waals surface area contributed by atoms with Gasteiger partial charge in [0.05, 0.1) is 22.9 Å². The molecule has 19 heavy (non-hydrogen) atoms. The van der Waals surface area contributed by atoms with Gasteiger partial charge in [-0.05, 0) is 24.3 Å². The van der Waals surface area contributed by atoms with Crippen LogP contribution in [0.1, 0.15) is 25.3 Å². The Hall–Kier alpha value is -1.05. The molecule has 0 aromatic carbocycles. The first kappa shape index (κ1) is 16.0. The fourth-order valence-electron chi connectivity index (χ4n) is 1.90. The van der Waals surface area contributed by atoms with Crippen molar-refractivity contribution < 1.29 is 5.11 Å². The summed E-state index contributed by atoms with van der Waals surface area (Å²) in [4.78, 5) is 8.49. The Morgan fingerprint density at radius 2 is 2.21 bits per heavy atom. The van der Waals surface area contributed by atoms with E-state index in [1.54, 1.807) is 11.3 Å². The molecule has 2 aromatic heterocycles. The maximum Gasteiger partial charge on any atom is 0.222 e. The maximum atomic E-state index is 9.33. The van der Waals surface area contributed by atoms with Crippen LogP contribution in [0.3, 0.4) is 0 Å². The number of aliphatic hydroxyl groups is 1. The minimum atomic E-state index is 0. The van der Waals surface area contributed by atoms with E-state index in [4.69, 9.17) is 5.73 Å². The summed E-state index contributed by atoms with van der Waals surface area (Å²) in [5, 5.41) is 14.6. The van der Waals surface area contributed by atoms with Gasteiger partial charge in [-0.15, -0.1) is 11.3 Å². The van der Waals surface area contributed by atoms with Crippen molar-refractivity contribution in [2.45, 2.75) is 32.7 Å². The number of fused-ring (bicyclic) bond motifs is 1. The largest absolute Gasteiger partial charge is 0.394 e. The first-order chi connectivity index (χ1) is 8.65. The summed E-state index contributed by atoms with van der Waals surface area (Å²) in [6, 6.07) is 0.00917. The molecule has 0 amide bonds. The number of nitrogen functional groups attached to an aromatic ring is 1. The van der Waals surface area contributed by atoms with Gasteiger partial charge in [0.25, 0.3) is 0 Å². The molecule has 0 aliphatic carbocycles. The third-order valence-corrected chi connectivity index (χ3v) is 3.90. The number of hydrogen-bond donors (Lipinski definition) is 3. The Morgan fingerprint density at radius 1 is 1.47 bits per heavy atom. The standard InChI is InChI=1S/C12H18N4OS.H2S/c1-3-4-8(5-17)14-11-10-9(7(2)6-18-10)15-12(13)16-11;/h6,8,17H,3-5H2,1-2H3,(H3,13,14,15,16);1H2/t8-;/m0./s1. The van der Waals surface area contributed by atoms with Gasteiger partial charge in [-0.3, -0.25) is 0 Å². The van der Waals surface area contributed by atoms with Gasteiger partial charge < -0.3 is 16.2 Å². The first-order valence-corrected chi connectivity index (χ1v) is 6.92. The molecule has 0 aliphatic heterocycles. The van der Waals surface area contributed by atoms with Crippen LogP contribution in [0.25, 0.3) is 10.2 Å². The van der Waals surface area contributed by atoms with Crippen LogP contribution in [0, 0.1) is 6.92 Å². The molecule has 2 heterocycles. The number of nitrogens with one attached hydrogen (secondary N) is 1. The molecule has 7 heteroatoms. The lowest BCUT2D eigenvalue weighted by atomic mass is 10.2. The first-order valence-electron chi connectivity index (χ1n) is 6.04. The zero-order chi connectivity index (χ0) is 13.1. The van der Waals surface area contributed by atoms with Gasteiger partial charge >= 0.3 is 0 Å². The maximum absolute atomic E-state index is 9.33. The van der Waals surface area contributed by atoms with Crippen molar-refractivity contribution in [3.8, 4) is 0 Å². The van der Waals surface area contributed by atoms with Crippen molar-refractivity contribution in [1.82, 2.24) is 9.97 Å². The van der Waals surface area contributed by atoms with E-state index in [0.29, 0.717) is 0 Å². The molecular formula is C12H20N4OS2. The summed E-state index contributed by atoms with van der Waals surface area (Å²) in [5.74, 6) is 0.989. The van der Waals surface area contributed by atoms with E-state index >= 15 is 0 Å². The monoisotopic (exact) mass is 300 g/mol. The highest BCUT2D eigenvalue weighted by Crippen LogP contribution is 2.30. The highest BCUT2D eigenvalue weighted by molar-refractivity contribution is 7.59. The number of nitrogens with zero attached hydrogens (tertiary/aromatic N) is 2. The lowest BCUT2D eigenvalue weighted by Gasteiger charge is -2.16. The molecule has 1 atom stereocenters. The number of hydrogen-bond acceptors (Lipinski definition) is 6. The fourth-order valence-corrected chi connectivity index (χ4v) is 2.84. The van der Waals surface area contributed by atoms with Crippen molar-refractivity contribution in [2.75, 3.05) is 17.7 Å². The van der Waals surface area contributed by atoms with Crippen LogP contribution in [0.2, 0.25) is 0 Å². The van der Waals surface area contributed by atoms with Crippen LogP contribution >= 0.6 is 24.8 Å². The number of thiophene rings is 1. The molecule has 0 unspecified atom stereocenters. The van der Waals surface area contributed by atoms with Crippen molar-refractivity contribution in [1.29, 1.82) is 0 Å². The molecular weight excluding hydrogens is 280 g/mol. The second kappa shape index (κ2) is 6.93. The van der Waals surface area contributed by atoms with E-state index in [1.807, 2.05) is 12.3 Å². The van der Waals surface area contributed by atoms with Crippen LogP contribution in [-0.2, 0) is 0 Å². The van der Waals surface area contributed by atoms with Crippen molar-refractivity contribution >= 4 is 46.8 Å². The van der Waals surface area contributed by atoms with Gasteiger partial charge in [0.15, 0.2) is 0 Å². The summed E-state index contributed by atoms with van der Waals surface area (Å²) in [5.41, 5.74) is 7.72. The lowest BCUT2D eigenvalue weighted by molar-refractivity contribution is 0.268. The van der Waals surface area contributed by atoms with E-state index in [-0.39, 0.29) is 32.1 Å². The molecule has 4 N–H and O–H groups in total. The molecule has 0 fully saturated rings. The number of aliphatic hydroxyl groups excluding tert-OH is 1. The van der Waals surface area contributed by atoms with Crippen LogP contribution in [0.15, 0.2) is 5.38 Å². The average Bonchev–Trinajstić information content (AvgIpc) is 2.71. The van der Waals surface area contributed by atoms with E-state index in [0.717, 1.165) is 34.4 Å². The minimum absolute atomic E-state index is 0. The molecule has 0 aliphatic rings. The summed E-state index contributed by atoms with van der Waals surface area (Å²) in [7, 11) is 0. The third-order valence-electron chi connectivity index (χ3n) is 2.81. The summed E-state index contributed by atoms with van der Waals surface area (Å²) >= 11 is 1.60. The molecule has 0 radical (unpaired) electrons. The van der Waals surface area contributed by atoms with Crippen LogP contribution < -0.4 is 11.1 Å². The third kappa shape index (κ3) is 3.49. The molecule has 106 valence electrons. The number of aromatic nitrogens is 2. The summed E-state index contributed by atoms with van der Waals surface area (Å²) < 4.78 is 0.997. The normalized spacial score (nSPS) is 12.2. The van der Waals surface area contributed by atoms with Crippen LogP contribution in [0.4, 0.5) is 11.8 Å². The molecule has 0 spiro atoms. The number of aryl methyl sites for hydroxylation is 1. The fraction of sp³-hybridized carbons (Fsp3) is 0.500. The molecule has 5 nitrogen and oxygen atoms in total. The molecule has 2 aromatic rings. The van der Waals surface area contributed by atoms with Gasteiger partial charge in [0.1, 0.15) is 5.82 Å². The number of anilines is 2. The number of nitrogens with two attached hydrogens (primary N) is 1. The van der Waals surface area contributed by atoms with Gasteiger partial charge in [-0.25, -0.2) is 4.98 Å². The van der Waals surface area contributed by atoms with Gasteiger partial charge in [0, 0.05) is 0 Å². The molecule has 2 rings (SSSR count). The molecule has 0 saturated heterocycles. The van der Waals surface area contributed by atoms with Crippen molar-refractivity contribution in [2.24, 2.45) is 0 Å². The van der Waals surface area contributed by atoms with E-state index < -0.39 is 0 Å². The van der Waals surface area contributed by atoms with E-state index in [1.165, 1.54) is 0 Å². The Kier molecular flexibility index (Phi) is 5.84. The predicted octanol–water partition coefficient (Wildman–Crippen LogP) is 2.27. The van der Waals surface area contributed by atoms with Gasteiger partial charge in [0.2, 0.25) is 5.95 Å². The highest BCUT2D eigenvalue weighted by atomic mass is 32.1. The van der Waals surface area contributed by atoms with Crippen molar-refractivity contribution in [3.63, 3.8) is 0 Å². The smallest absolute Gasteiger partial charge is 0.222 e. The minimum Gasteiger partial charge on any atom is -0.394 e. The Morgan fingerprint density at radius 3 is 2.84 bits per heavy atom. The topological polar surface area (TPSA) is 84.1 Å². The molecule has 0 saturated carbocycles. The average molecular weight is 300 g/mol. The second-order valence-electron chi connectivity index (χ2n) is 4.34. The van der Waals surface area contributed by atoms with Gasteiger partial charge in [-0.2, -0.15) is 18.5 Å². The van der Waals surface area contributed by atoms with Crippen LogP contribution in [0.5, 0.6) is 0 Å². The highest BCUT2D eigenvalue weighted by Gasteiger charge is 2.13. The Balaban J connectivity index is 0.00000180. The predicted molar refractivity (Wildman–Crippen MR) is 86.3 cm³/mol. The summed E-state index contributed by atoms with van der Waals surface area (Å²) in [6.45, 7) is 4.18. The Labute approximate surface area is 123 Å². The zero-order valence-electron chi connectivity index (χ0n) is 11.1. The Bertz CT molecular complexity index is 544. The number of rotatable bonds is 5. The molecule has 0 bridgehead atoms. The second-order valence-corrected chi connectivity index (χ2v) is 5.22. The van der Waals surface area contributed by atoms with Crippen LogP contribution in [-0.4, -0.2) is 27.7 Å². The zero-order valence-corrected chi connectivity index (χ0v) is 12.9. The lowest BCUT2D eigenvalue weighted by Crippen LogP contribution is -2.24. The summed E-state index contributed by atoms with van der Waals surface area (Å²) in [6.07, 6.45) is 1.90. The van der Waals surface area contributed by atoms with E-state index in [2.05, 4.69) is 22.2 Å². The quantitative estimate of drug-likeness (QED) is 0.789. The van der Waals surface area contributed by atoms with Crippen molar-refractivity contribution in [3.05, 3.63) is 10.9 Å². The SMILES string of the molecule is CCC[C@@H](CO)Nc1nc(N)nc2c(C)csc12.S. The van der Waals surface area contributed by atoms with Gasteiger partial charge in [-0.1, -0.05) is 13.3 Å². The van der Waals surface area contributed by atoms with E-state index in [9.17, 15) is 5.11 Å².